The van der Waals surface area contributed by atoms with E-state index in [0.29, 0.717) is 39.6 Å². The molecular formula is C26H54O6. The third-order valence-electron chi connectivity index (χ3n) is 5.78. The fraction of sp³-hybridized carbons (Fsp3) is 1.00. The molecule has 6 nitrogen and oxygen atoms in total. The molecule has 0 fully saturated rings. The highest BCUT2D eigenvalue weighted by atomic mass is 16.9. The summed E-state index contributed by atoms with van der Waals surface area (Å²) < 4.78 is 37.5. The first-order valence-corrected chi connectivity index (χ1v) is 13.3. The molecule has 0 saturated carbocycles. The first-order chi connectivity index (χ1) is 15.5. The van der Waals surface area contributed by atoms with Crippen LogP contribution in [0.5, 0.6) is 0 Å². The van der Waals surface area contributed by atoms with Crippen molar-refractivity contribution in [3.05, 3.63) is 0 Å². The molecule has 0 rings (SSSR count). The molecule has 0 aromatic carbocycles. The highest BCUT2D eigenvalue weighted by Gasteiger charge is 2.54. The molecule has 0 aliphatic heterocycles. The van der Waals surface area contributed by atoms with Gasteiger partial charge < -0.3 is 28.4 Å². The van der Waals surface area contributed by atoms with Gasteiger partial charge in [0.05, 0.1) is 11.8 Å². The fourth-order valence-electron chi connectivity index (χ4n) is 4.65. The van der Waals surface area contributed by atoms with Gasteiger partial charge in [0.2, 0.25) is 0 Å². The van der Waals surface area contributed by atoms with Crippen molar-refractivity contribution in [3.8, 4) is 0 Å². The zero-order chi connectivity index (χ0) is 24.3. The maximum atomic E-state index is 6.27. The molecule has 32 heavy (non-hydrogen) atoms. The van der Waals surface area contributed by atoms with Gasteiger partial charge in [0.1, 0.15) is 0 Å². The number of unbranched alkanes of at least 4 members (excludes halogenated alkanes) is 5. The second-order valence-corrected chi connectivity index (χ2v) is 7.98. The lowest BCUT2D eigenvalue weighted by molar-refractivity contribution is -0.453. The van der Waals surface area contributed by atoms with Gasteiger partial charge in [-0.25, -0.2) is 0 Å². The maximum absolute atomic E-state index is 6.27. The van der Waals surface area contributed by atoms with E-state index >= 15 is 0 Å². The predicted octanol–water partition coefficient (Wildman–Crippen LogP) is 6.91. The summed E-state index contributed by atoms with van der Waals surface area (Å²) in [5, 5.41) is 0. The van der Waals surface area contributed by atoms with Crippen molar-refractivity contribution in [2.24, 2.45) is 11.8 Å². The van der Waals surface area contributed by atoms with Crippen LogP contribution in [-0.4, -0.2) is 51.6 Å². The lowest BCUT2D eigenvalue weighted by atomic mass is 9.81. The van der Waals surface area contributed by atoms with Crippen LogP contribution in [0.1, 0.15) is 107 Å². The molecule has 0 aliphatic carbocycles. The second-order valence-electron chi connectivity index (χ2n) is 7.98. The number of ether oxygens (including phenoxy) is 6. The second kappa shape index (κ2) is 19.1. The minimum Gasteiger partial charge on any atom is -0.328 e. The fourth-order valence-corrected chi connectivity index (χ4v) is 4.65. The minimum atomic E-state index is -1.16. The monoisotopic (exact) mass is 462 g/mol. The van der Waals surface area contributed by atoms with Gasteiger partial charge in [-0.15, -0.1) is 0 Å². The zero-order valence-corrected chi connectivity index (χ0v) is 22.5. The molecule has 0 heterocycles. The Bertz CT molecular complexity index is 383. The molecule has 194 valence electrons. The Morgan fingerprint density at radius 2 is 0.781 bits per heavy atom. The summed E-state index contributed by atoms with van der Waals surface area (Å²) in [6.07, 6.45) is 9.00. The van der Waals surface area contributed by atoms with Crippen molar-refractivity contribution in [2.45, 2.75) is 119 Å². The molecule has 0 aliphatic rings. The summed E-state index contributed by atoms with van der Waals surface area (Å²) in [6.45, 7) is 19.2. The summed E-state index contributed by atoms with van der Waals surface area (Å²) in [5.74, 6) is -2.54. The van der Waals surface area contributed by atoms with Crippen molar-refractivity contribution >= 4 is 0 Å². The molecule has 0 bridgehead atoms. The SMILES string of the molecule is CCCCCCCCC(C(CC)C(OCC)(OCC)OCC)C(OCC)(OCC)OCC. The van der Waals surface area contributed by atoms with E-state index in [0.717, 1.165) is 19.3 Å². The van der Waals surface area contributed by atoms with Crippen LogP contribution in [0.3, 0.4) is 0 Å². The van der Waals surface area contributed by atoms with Crippen molar-refractivity contribution in [2.75, 3.05) is 39.6 Å². The largest absolute Gasteiger partial charge is 0.328 e. The van der Waals surface area contributed by atoms with Gasteiger partial charge in [0, 0.05) is 39.6 Å². The summed E-state index contributed by atoms with van der Waals surface area (Å²) >= 11 is 0. The van der Waals surface area contributed by atoms with Crippen LogP contribution >= 0.6 is 0 Å². The molecule has 2 atom stereocenters. The van der Waals surface area contributed by atoms with Gasteiger partial charge in [0.15, 0.2) is 0 Å². The molecule has 2 unspecified atom stereocenters. The van der Waals surface area contributed by atoms with Crippen molar-refractivity contribution in [3.63, 3.8) is 0 Å². The van der Waals surface area contributed by atoms with Crippen molar-refractivity contribution in [1.82, 2.24) is 0 Å². The van der Waals surface area contributed by atoms with Crippen LogP contribution in [-0.2, 0) is 28.4 Å². The lowest BCUT2D eigenvalue weighted by Gasteiger charge is -2.48. The first kappa shape index (κ1) is 31.8. The van der Waals surface area contributed by atoms with Crippen molar-refractivity contribution in [1.29, 1.82) is 0 Å². The maximum Gasteiger partial charge on any atom is 0.286 e. The standard InChI is InChI=1S/C26H54O6/c1-9-17-18-19-20-21-22-24(26(30-14-6,31-15-7)32-16-8)23(10-2)25(27-11-3,28-12-4)29-13-5/h23-24H,9-22H2,1-8H3. The lowest BCUT2D eigenvalue weighted by Crippen LogP contribution is -2.57. The van der Waals surface area contributed by atoms with Crippen molar-refractivity contribution < 1.29 is 28.4 Å². The Labute approximate surface area is 199 Å². The molecule has 0 aromatic heterocycles. The summed E-state index contributed by atoms with van der Waals surface area (Å²) in [6, 6.07) is 0. The van der Waals surface area contributed by atoms with E-state index in [1.807, 2.05) is 41.5 Å². The van der Waals surface area contributed by atoms with E-state index in [-0.39, 0.29) is 11.8 Å². The molecule has 0 saturated heterocycles. The van der Waals surface area contributed by atoms with E-state index in [2.05, 4.69) is 13.8 Å². The Hall–Kier alpha value is -0.240. The van der Waals surface area contributed by atoms with Crippen LogP contribution in [0.25, 0.3) is 0 Å². The van der Waals surface area contributed by atoms with Gasteiger partial charge in [-0.2, -0.15) is 0 Å². The van der Waals surface area contributed by atoms with E-state index in [1.54, 1.807) is 0 Å². The smallest absolute Gasteiger partial charge is 0.286 e. The molecular weight excluding hydrogens is 408 g/mol. The van der Waals surface area contributed by atoms with Gasteiger partial charge in [-0.05, 0) is 54.4 Å². The molecule has 0 spiro atoms. The van der Waals surface area contributed by atoms with Crippen LogP contribution in [0.2, 0.25) is 0 Å². The Balaban J connectivity index is 6.17. The van der Waals surface area contributed by atoms with Crippen LogP contribution < -0.4 is 0 Å². The van der Waals surface area contributed by atoms with Crippen LogP contribution in [0.4, 0.5) is 0 Å². The van der Waals surface area contributed by atoms with Gasteiger partial charge >= 0.3 is 0 Å². The van der Waals surface area contributed by atoms with Gasteiger partial charge in [-0.3, -0.25) is 0 Å². The summed E-state index contributed by atoms with van der Waals surface area (Å²) in [7, 11) is 0. The number of hydrogen-bond donors (Lipinski definition) is 0. The van der Waals surface area contributed by atoms with E-state index in [1.165, 1.54) is 32.1 Å². The number of hydrogen-bond acceptors (Lipinski definition) is 6. The quantitative estimate of drug-likeness (QED) is 0.121. The first-order valence-electron chi connectivity index (χ1n) is 13.3. The molecule has 0 N–H and O–H groups in total. The zero-order valence-electron chi connectivity index (χ0n) is 22.5. The average Bonchev–Trinajstić information content (AvgIpc) is 2.76. The third-order valence-corrected chi connectivity index (χ3v) is 5.78. The average molecular weight is 463 g/mol. The predicted molar refractivity (Wildman–Crippen MR) is 130 cm³/mol. The Kier molecular flexibility index (Phi) is 19.0. The molecule has 0 amide bonds. The Morgan fingerprint density at radius 1 is 0.438 bits per heavy atom. The van der Waals surface area contributed by atoms with Crippen LogP contribution in [0, 0.1) is 11.8 Å². The van der Waals surface area contributed by atoms with E-state index in [9.17, 15) is 0 Å². The number of rotatable bonds is 23. The summed E-state index contributed by atoms with van der Waals surface area (Å²) in [5.41, 5.74) is 0. The molecule has 0 aromatic rings. The highest BCUT2D eigenvalue weighted by molar-refractivity contribution is 4.85. The highest BCUT2D eigenvalue weighted by Crippen LogP contribution is 2.44. The Morgan fingerprint density at radius 3 is 1.12 bits per heavy atom. The molecule has 6 heteroatoms. The normalized spacial score (nSPS) is 14.6. The van der Waals surface area contributed by atoms with Crippen LogP contribution in [0.15, 0.2) is 0 Å². The van der Waals surface area contributed by atoms with Gasteiger partial charge in [-0.1, -0.05) is 52.4 Å². The molecule has 0 radical (unpaired) electrons. The van der Waals surface area contributed by atoms with E-state index in [4.69, 9.17) is 28.4 Å². The summed E-state index contributed by atoms with van der Waals surface area (Å²) in [4.78, 5) is 0. The minimum absolute atomic E-state index is 0.108. The third kappa shape index (κ3) is 9.94. The van der Waals surface area contributed by atoms with E-state index < -0.39 is 11.9 Å². The van der Waals surface area contributed by atoms with Gasteiger partial charge in [0.25, 0.3) is 11.9 Å². The topological polar surface area (TPSA) is 55.4 Å².